The summed E-state index contributed by atoms with van der Waals surface area (Å²) in [6.45, 7) is 9.46. The van der Waals surface area contributed by atoms with Crippen LogP contribution in [0.25, 0.3) is 0 Å². The van der Waals surface area contributed by atoms with Gasteiger partial charge in [-0.15, -0.1) is 13.2 Å². The van der Waals surface area contributed by atoms with Gasteiger partial charge in [-0.1, -0.05) is 19.1 Å². The van der Waals surface area contributed by atoms with Gasteiger partial charge in [0.05, 0.1) is 11.9 Å². The Hall–Kier alpha value is -2.32. The number of ether oxygens (including phenoxy) is 1. The Balaban J connectivity index is 1.74. The molecule has 2 saturated heterocycles. The van der Waals surface area contributed by atoms with E-state index in [9.17, 15) is 18.3 Å². The molecule has 3 heterocycles. The summed E-state index contributed by atoms with van der Waals surface area (Å²) >= 11 is 0. The highest BCUT2D eigenvalue weighted by molar-refractivity contribution is 5.51. The molecule has 174 valence electrons. The van der Waals surface area contributed by atoms with Crippen molar-refractivity contribution in [3.8, 4) is 5.75 Å². The summed E-state index contributed by atoms with van der Waals surface area (Å²) in [6.07, 6.45) is 0.956. The molecule has 0 bridgehead atoms. The van der Waals surface area contributed by atoms with Crippen molar-refractivity contribution in [3.63, 3.8) is 0 Å². The third kappa shape index (κ3) is 4.18. The molecule has 2 aliphatic rings. The highest BCUT2D eigenvalue weighted by Gasteiger charge is 2.56. The minimum atomic E-state index is -4.76. The molecule has 4 rings (SSSR count). The van der Waals surface area contributed by atoms with Crippen molar-refractivity contribution in [1.82, 2.24) is 9.88 Å². The van der Waals surface area contributed by atoms with Crippen LogP contribution < -0.4 is 9.64 Å². The van der Waals surface area contributed by atoms with Gasteiger partial charge < -0.3 is 14.7 Å². The number of hydrogen-bond acceptors (Lipinski definition) is 5. The number of aliphatic hydroxyl groups is 1. The van der Waals surface area contributed by atoms with Crippen LogP contribution in [0.1, 0.15) is 44.7 Å². The van der Waals surface area contributed by atoms with Gasteiger partial charge in [0.2, 0.25) is 0 Å². The molecule has 0 amide bonds. The van der Waals surface area contributed by atoms with Gasteiger partial charge in [-0.3, -0.25) is 9.88 Å². The summed E-state index contributed by atoms with van der Waals surface area (Å²) in [5, 5.41) is 12.3. The topological polar surface area (TPSA) is 48.8 Å². The second-order valence-electron chi connectivity index (χ2n) is 9.47. The number of anilines is 1. The van der Waals surface area contributed by atoms with Gasteiger partial charge >= 0.3 is 6.36 Å². The fourth-order valence-electron chi connectivity index (χ4n) is 4.98. The summed E-state index contributed by atoms with van der Waals surface area (Å²) in [5.41, 5.74) is 0.182. The lowest BCUT2D eigenvalue weighted by Crippen LogP contribution is -2.66. The molecule has 1 atom stereocenters. The molecular formula is C24H30F3N3O2. The first-order valence-electron chi connectivity index (χ1n) is 11.0. The Bertz CT molecular complexity index is 936. The molecule has 0 saturated carbocycles. The van der Waals surface area contributed by atoms with E-state index in [2.05, 4.69) is 33.4 Å². The van der Waals surface area contributed by atoms with E-state index in [0.717, 1.165) is 31.6 Å². The van der Waals surface area contributed by atoms with Crippen LogP contribution in [-0.2, 0) is 5.60 Å². The van der Waals surface area contributed by atoms with Crippen molar-refractivity contribution in [2.45, 2.75) is 51.6 Å². The number of halogens is 3. The smallest absolute Gasteiger partial charge is 0.406 e. The van der Waals surface area contributed by atoms with Gasteiger partial charge in [0.1, 0.15) is 11.4 Å². The Morgan fingerprint density at radius 3 is 2.22 bits per heavy atom. The average molecular weight is 450 g/mol. The molecule has 8 heteroatoms. The molecule has 0 radical (unpaired) electrons. The number of alkyl halides is 3. The lowest BCUT2D eigenvalue weighted by molar-refractivity contribution is -0.274. The zero-order valence-electron chi connectivity index (χ0n) is 18.7. The third-order valence-corrected chi connectivity index (χ3v) is 6.83. The molecule has 1 unspecified atom stereocenters. The van der Waals surface area contributed by atoms with Crippen LogP contribution in [0.4, 0.5) is 18.9 Å². The fraction of sp³-hybridized carbons (Fsp3) is 0.542. The zero-order valence-corrected chi connectivity index (χ0v) is 18.7. The van der Waals surface area contributed by atoms with Crippen molar-refractivity contribution >= 4 is 5.69 Å². The van der Waals surface area contributed by atoms with E-state index < -0.39 is 17.4 Å². The largest absolute Gasteiger partial charge is 0.573 e. The average Bonchev–Trinajstić information content (AvgIpc) is 3.25. The third-order valence-electron chi connectivity index (χ3n) is 6.83. The molecule has 0 aliphatic carbocycles. The van der Waals surface area contributed by atoms with Crippen molar-refractivity contribution in [3.05, 3.63) is 53.9 Å². The number of aromatic nitrogens is 1. The molecule has 2 aliphatic heterocycles. The summed E-state index contributed by atoms with van der Waals surface area (Å²) in [6, 6.07) is 7.87. The first kappa shape index (κ1) is 22.9. The van der Waals surface area contributed by atoms with Gasteiger partial charge in [-0.05, 0) is 50.5 Å². The van der Waals surface area contributed by atoms with Gasteiger partial charge in [-0.25, -0.2) is 0 Å². The van der Waals surface area contributed by atoms with Crippen LogP contribution in [0.15, 0.2) is 42.7 Å². The van der Waals surface area contributed by atoms with Gasteiger partial charge in [0.25, 0.3) is 0 Å². The minimum Gasteiger partial charge on any atom is -0.406 e. The SMILES string of the molecule is CC(C)N1CC(C)(C(O)(c2ccc(OC(F)(F)F)cc2)c2cncc(N3CCCC3)c2)C1. The van der Waals surface area contributed by atoms with E-state index in [0.29, 0.717) is 30.3 Å². The zero-order chi connectivity index (χ0) is 23.1. The summed E-state index contributed by atoms with van der Waals surface area (Å²) < 4.78 is 41.9. The number of hydrogen-bond donors (Lipinski definition) is 1. The Morgan fingerprint density at radius 2 is 1.66 bits per heavy atom. The normalized spacial score (nSPS) is 20.8. The van der Waals surface area contributed by atoms with Gasteiger partial charge in [0.15, 0.2) is 0 Å². The van der Waals surface area contributed by atoms with E-state index in [-0.39, 0.29) is 5.75 Å². The Kier molecular flexibility index (Phi) is 5.88. The van der Waals surface area contributed by atoms with E-state index in [4.69, 9.17) is 0 Å². The van der Waals surface area contributed by atoms with E-state index in [1.54, 1.807) is 12.4 Å². The minimum absolute atomic E-state index is 0.310. The van der Waals surface area contributed by atoms with Crippen molar-refractivity contribution in [2.75, 3.05) is 31.1 Å². The lowest BCUT2D eigenvalue weighted by atomic mass is 9.61. The second kappa shape index (κ2) is 8.23. The molecule has 1 N–H and O–H groups in total. The van der Waals surface area contributed by atoms with Crippen molar-refractivity contribution in [1.29, 1.82) is 0 Å². The predicted molar refractivity (Wildman–Crippen MR) is 117 cm³/mol. The monoisotopic (exact) mass is 449 g/mol. The molecule has 32 heavy (non-hydrogen) atoms. The first-order valence-corrected chi connectivity index (χ1v) is 11.0. The first-order chi connectivity index (χ1) is 15.0. The van der Waals surface area contributed by atoms with E-state index >= 15 is 0 Å². The predicted octanol–water partition coefficient (Wildman–Crippen LogP) is 4.55. The quantitative estimate of drug-likeness (QED) is 0.701. The van der Waals surface area contributed by atoms with Gasteiger partial charge in [-0.2, -0.15) is 0 Å². The number of rotatable bonds is 6. The maximum absolute atomic E-state index is 12.6. The standard InChI is InChI=1S/C24H30F3N3O2/c1-17(2)30-15-22(3,16-30)23(31,18-6-8-21(9-7-18)32-24(25,26)27)19-12-20(14-28-13-19)29-10-4-5-11-29/h6-9,12-14,17,31H,4-5,10-11,15-16H2,1-3H3. The number of pyridine rings is 1. The van der Waals surface area contributed by atoms with Crippen LogP contribution in [0.5, 0.6) is 5.75 Å². The molecule has 2 aromatic rings. The van der Waals surface area contributed by atoms with Crippen LogP contribution in [0.2, 0.25) is 0 Å². The summed E-state index contributed by atoms with van der Waals surface area (Å²) in [5.74, 6) is -0.310. The number of nitrogens with zero attached hydrogens (tertiary/aromatic N) is 3. The highest BCUT2D eigenvalue weighted by Crippen LogP contribution is 2.51. The molecule has 0 spiro atoms. The van der Waals surface area contributed by atoms with Crippen molar-refractivity contribution < 1.29 is 23.0 Å². The van der Waals surface area contributed by atoms with Gasteiger partial charge in [0, 0.05) is 49.4 Å². The molecule has 5 nitrogen and oxygen atoms in total. The molecule has 2 fully saturated rings. The van der Waals surface area contributed by atoms with E-state index in [1.165, 1.54) is 24.3 Å². The van der Waals surface area contributed by atoms with Crippen LogP contribution in [-0.4, -0.2) is 53.6 Å². The molecule has 1 aromatic heterocycles. The fourth-order valence-corrected chi connectivity index (χ4v) is 4.98. The number of benzene rings is 1. The van der Waals surface area contributed by atoms with Crippen LogP contribution in [0, 0.1) is 5.41 Å². The van der Waals surface area contributed by atoms with Crippen LogP contribution >= 0.6 is 0 Å². The summed E-state index contributed by atoms with van der Waals surface area (Å²) in [4.78, 5) is 8.94. The van der Waals surface area contributed by atoms with Crippen LogP contribution in [0.3, 0.4) is 0 Å². The summed E-state index contributed by atoms with van der Waals surface area (Å²) in [7, 11) is 0. The Labute approximate surface area is 186 Å². The second-order valence-corrected chi connectivity index (χ2v) is 9.47. The maximum Gasteiger partial charge on any atom is 0.573 e. The highest BCUT2D eigenvalue weighted by atomic mass is 19.4. The Morgan fingerprint density at radius 1 is 1.03 bits per heavy atom. The molecule has 1 aromatic carbocycles. The maximum atomic E-state index is 12.6. The lowest BCUT2D eigenvalue weighted by Gasteiger charge is -2.58. The van der Waals surface area contributed by atoms with E-state index in [1.807, 2.05) is 13.0 Å². The molecular weight excluding hydrogens is 419 g/mol. The van der Waals surface area contributed by atoms with Crippen molar-refractivity contribution in [2.24, 2.45) is 5.41 Å². The number of likely N-dealkylation sites (tertiary alicyclic amines) is 1.